The van der Waals surface area contributed by atoms with Crippen molar-refractivity contribution in [2.75, 3.05) is 0 Å². The van der Waals surface area contributed by atoms with Crippen LogP contribution >= 0.6 is 0 Å². The molecule has 0 bridgehead atoms. The van der Waals surface area contributed by atoms with Crippen LogP contribution in [-0.2, 0) is 0 Å². The zero-order valence-electron chi connectivity index (χ0n) is 20.6. The lowest BCUT2D eigenvalue weighted by atomic mass is 9.80. The first kappa shape index (κ1) is 23.3. The number of hydrogen-bond donors (Lipinski definition) is 0. The Kier molecular flexibility index (Phi) is 5.60. The lowest BCUT2D eigenvalue weighted by molar-refractivity contribution is 0.0978. The van der Waals surface area contributed by atoms with Gasteiger partial charge in [-0.3, -0.25) is 19.2 Å². The average Bonchev–Trinajstić information content (AvgIpc) is 2.89. The van der Waals surface area contributed by atoms with Crippen molar-refractivity contribution in [3.8, 4) is 0 Å². The Morgan fingerprint density at radius 2 is 0.667 bits per heavy atom. The molecule has 4 aromatic rings. The van der Waals surface area contributed by atoms with E-state index in [1.807, 2.05) is 52.0 Å². The molecule has 0 saturated heterocycles. The van der Waals surface area contributed by atoms with Gasteiger partial charge in [0, 0.05) is 44.5 Å². The molecule has 0 amide bonds. The molecule has 2 aliphatic rings. The summed E-state index contributed by atoms with van der Waals surface area (Å²) in [5.41, 5.74) is 8.06. The zero-order valence-corrected chi connectivity index (χ0v) is 20.6. The lowest BCUT2D eigenvalue weighted by Crippen LogP contribution is -2.23. The van der Waals surface area contributed by atoms with Gasteiger partial charge in [-0.15, -0.1) is 0 Å². The van der Waals surface area contributed by atoms with Gasteiger partial charge in [0.05, 0.1) is 0 Å². The highest BCUT2D eigenvalue weighted by atomic mass is 16.1. The fourth-order valence-corrected chi connectivity index (χ4v) is 4.91. The van der Waals surface area contributed by atoms with Crippen LogP contribution in [0.5, 0.6) is 0 Å². The third-order valence-electron chi connectivity index (χ3n) is 7.03. The van der Waals surface area contributed by atoms with Crippen molar-refractivity contribution < 1.29 is 19.2 Å². The molecule has 0 N–H and O–H groups in total. The predicted molar refractivity (Wildman–Crippen MR) is 138 cm³/mol. The number of rotatable bonds is 0. The van der Waals surface area contributed by atoms with Crippen LogP contribution in [-0.4, -0.2) is 23.1 Å². The number of benzene rings is 4. The van der Waals surface area contributed by atoms with E-state index >= 15 is 0 Å². The average molecular weight is 473 g/mol. The number of ketones is 4. The first-order valence-electron chi connectivity index (χ1n) is 11.8. The number of carbonyl (C=O) groups excluding carboxylic acids is 4. The van der Waals surface area contributed by atoms with Crippen LogP contribution in [0.25, 0.3) is 0 Å². The lowest BCUT2D eigenvalue weighted by Gasteiger charge is -2.20. The van der Waals surface area contributed by atoms with Crippen LogP contribution in [0.3, 0.4) is 0 Å². The van der Waals surface area contributed by atoms with E-state index in [4.69, 9.17) is 0 Å². The highest BCUT2D eigenvalue weighted by Gasteiger charge is 2.32. The van der Waals surface area contributed by atoms with Gasteiger partial charge < -0.3 is 0 Å². The van der Waals surface area contributed by atoms with Gasteiger partial charge in [0.2, 0.25) is 0 Å². The van der Waals surface area contributed by atoms with Crippen LogP contribution in [0.1, 0.15) is 85.9 Å². The molecule has 6 rings (SSSR count). The maximum atomic E-state index is 12.5. The normalized spacial score (nSPS) is 13.2. The molecule has 36 heavy (non-hydrogen) atoms. The molecule has 0 heterocycles. The second-order valence-corrected chi connectivity index (χ2v) is 9.34. The zero-order chi connectivity index (χ0) is 25.7. The SMILES string of the molecule is Cc1cc2c(cc1C)C(=O)c1ccccc1C2=O.Cc1ccc(C)c2c1C(=O)c1ccccc1C2=O. The molecule has 0 saturated carbocycles. The van der Waals surface area contributed by atoms with Gasteiger partial charge in [-0.25, -0.2) is 0 Å². The topological polar surface area (TPSA) is 68.3 Å². The Morgan fingerprint density at radius 3 is 1.00 bits per heavy atom. The maximum absolute atomic E-state index is 12.5. The minimum absolute atomic E-state index is 0.0404. The van der Waals surface area contributed by atoms with Crippen molar-refractivity contribution in [3.63, 3.8) is 0 Å². The van der Waals surface area contributed by atoms with Gasteiger partial charge in [0.15, 0.2) is 23.1 Å². The van der Waals surface area contributed by atoms with Gasteiger partial charge in [-0.1, -0.05) is 60.7 Å². The smallest absolute Gasteiger partial charge is 0.194 e. The van der Waals surface area contributed by atoms with E-state index in [0.29, 0.717) is 44.5 Å². The van der Waals surface area contributed by atoms with E-state index in [9.17, 15) is 19.2 Å². The first-order valence-corrected chi connectivity index (χ1v) is 11.8. The van der Waals surface area contributed by atoms with Gasteiger partial charge in [-0.2, -0.15) is 0 Å². The Balaban J connectivity index is 0.000000148. The third-order valence-corrected chi connectivity index (χ3v) is 7.03. The van der Waals surface area contributed by atoms with E-state index in [1.165, 1.54) is 0 Å². The molecule has 0 aliphatic heterocycles. The van der Waals surface area contributed by atoms with Gasteiger partial charge >= 0.3 is 0 Å². The summed E-state index contributed by atoms with van der Waals surface area (Å²) in [4.78, 5) is 49.7. The Labute approximate surface area is 209 Å². The van der Waals surface area contributed by atoms with E-state index in [2.05, 4.69) is 0 Å². The van der Waals surface area contributed by atoms with Crippen molar-refractivity contribution in [1.82, 2.24) is 0 Å². The summed E-state index contributed by atoms with van der Waals surface area (Å²) < 4.78 is 0. The fourth-order valence-electron chi connectivity index (χ4n) is 4.91. The van der Waals surface area contributed by atoms with Crippen LogP contribution in [0.15, 0.2) is 72.8 Å². The summed E-state index contributed by atoms with van der Waals surface area (Å²) in [5.74, 6) is -0.186. The summed E-state index contributed by atoms with van der Waals surface area (Å²) in [7, 11) is 0. The Hall–Kier alpha value is -4.44. The molecule has 4 heteroatoms. The maximum Gasteiger partial charge on any atom is 0.194 e. The molecule has 0 aromatic heterocycles. The quantitative estimate of drug-likeness (QED) is 0.266. The highest BCUT2D eigenvalue weighted by molar-refractivity contribution is 6.29. The van der Waals surface area contributed by atoms with Gasteiger partial charge in [0.1, 0.15) is 0 Å². The standard InChI is InChI=1S/2C16H12O2/c1-9-7-13-14(8-10(9)2)16(18)12-6-4-3-5-11(12)15(13)17;1-9-7-8-10(2)14-13(9)15(17)11-5-3-4-6-12(11)16(14)18/h2*3-8H,1-2H3. The largest absolute Gasteiger partial charge is 0.289 e. The van der Waals surface area contributed by atoms with E-state index in [0.717, 1.165) is 22.3 Å². The molecular weight excluding hydrogens is 448 g/mol. The molecule has 0 unspecified atom stereocenters. The van der Waals surface area contributed by atoms with Crippen LogP contribution in [0.2, 0.25) is 0 Å². The minimum Gasteiger partial charge on any atom is -0.289 e. The highest BCUT2D eigenvalue weighted by Crippen LogP contribution is 2.31. The Bertz CT molecular complexity index is 1520. The fraction of sp³-hybridized carbons (Fsp3) is 0.125. The van der Waals surface area contributed by atoms with Crippen LogP contribution in [0.4, 0.5) is 0 Å². The van der Waals surface area contributed by atoms with Gasteiger partial charge in [0.25, 0.3) is 0 Å². The van der Waals surface area contributed by atoms with Crippen molar-refractivity contribution in [3.05, 3.63) is 140 Å². The van der Waals surface area contributed by atoms with Crippen molar-refractivity contribution in [2.24, 2.45) is 0 Å². The minimum atomic E-state index is -0.0525. The summed E-state index contributed by atoms with van der Waals surface area (Å²) in [6, 6.07) is 21.5. The second-order valence-electron chi connectivity index (χ2n) is 9.34. The first-order chi connectivity index (χ1) is 17.2. The third kappa shape index (κ3) is 3.54. The van der Waals surface area contributed by atoms with Crippen molar-refractivity contribution in [1.29, 1.82) is 0 Å². The molecule has 0 spiro atoms. The molecule has 0 fully saturated rings. The molecule has 0 radical (unpaired) electrons. The molecule has 176 valence electrons. The van der Waals surface area contributed by atoms with E-state index in [1.54, 1.807) is 48.5 Å². The number of carbonyl (C=O) groups is 4. The van der Waals surface area contributed by atoms with Gasteiger partial charge in [-0.05, 0) is 62.1 Å². The summed E-state index contributed by atoms with van der Waals surface area (Å²) >= 11 is 0. The van der Waals surface area contributed by atoms with E-state index in [-0.39, 0.29) is 23.1 Å². The molecule has 4 nitrogen and oxygen atoms in total. The number of hydrogen-bond acceptors (Lipinski definition) is 4. The summed E-state index contributed by atoms with van der Waals surface area (Å²) in [6.07, 6.45) is 0. The monoisotopic (exact) mass is 472 g/mol. The summed E-state index contributed by atoms with van der Waals surface area (Å²) in [5, 5.41) is 0. The number of aryl methyl sites for hydroxylation is 4. The molecule has 0 atom stereocenters. The predicted octanol–water partition coefficient (Wildman–Crippen LogP) is 6.16. The molecular formula is C32H24O4. The second kappa shape index (κ2) is 8.65. The molecule has 4 aromatic carbocycles. The number of fused-ring (bicyclic) bond motifs is 4. The van der Waals surface area contributed by atoms with E-state index < -0.39 is 0 Å². The van der Waals surface area contributed by atoms with Crippen LogP contribution < -0.4 is 0 Å². The molecule has 2 aliphatic carbocycles. The summed E-state index contributed by atoms with van der Waals surface area (Å²) in [6.45, 7) is 7.65. The van der Waals surface area contributed by atoms with Crippen LogP contribution in [0, 0.1) is 27.7 Å². The van der Waals surface area contributed by atoms with Crippen molar-refractivity contribution in [2.45, 2.75) is 27.7 Å². The van der Waals surface area contributed by atoms with Crippen molar-refractivity contribution >= 4 is 23.1 Å². The Morgan fingerprint density at radius 1 is 0.361 bits per heavy atom.